The van der Waals surface area contributed by atoms with Crippen molar-refractivity contribution in [3.05, 3.63) is 372 Å². The first-order chi connectivity index (χ1) is 42.7. The zero-order valence-electron chi connectivity index (χ0n) is 47.1. The first-order valence-corrected chi connectivity index (χ1v) is 30.0. The monoisotopic (exact) mass is 1090 g/mol. The van der Waals surface area contributed by atoms with Gasteiger partial charge in [0.15, 0.2) is 0 Å². The highest BCUT2D eigenvalue weighted by molar-refractivity contribution is 6.14. The maximum atomic E-state index is 2.60. The summed E-state index contributed by atoms with van der Waals surface area (Å²) in [6.45, 7) is 0. The quantitative estimate of drug-likeness (QED) is 0.147. The van der Waals surface area contributed by atoms with Gasteiger partial charge < -0.3 is 9.47 Å². The summed E-state index contributed by atoms with van der Waals surface area (Å²) in [6, 6.07) is 123. The van der Waals surface area contributed by atoms with E-state index in [1.54, 1.807) is 0 Å². The molecule has 86 heavy (non-hydrogen) atoms. The second kappa shape index (κ2) is 18.7. The Morgan fingerprint density at radius 2 is 0.756 bits per heavy atom. The molecule has 0 N–H and O–H groups in total. The molecule has 14 aromatic carbocycles. The molecule has 0 saturated heterocycles. The molecule has 1 unspecified atom stereocenters. The molecule has 1 atom stereocenters. The molecule has 400 valence electrons. The number of nitrogens with zero attached hydrogens (tertiary/aromatic N) is 2. The topological polar surface area (TPSA) is 8.17 Å². The predicted molar refractivity (Wildman–Crippen MR) is 357 cm³/mol. The van der Waals surface area contributed by atoms with Gasteiger partial charge in [0.2, 0.25) is 0 Å². The molecule has 0 amide bonds. The minimum Gasteiger partial charge on any atom is -0.309 e. The summed E-state index contributed by atoms with van der Waals surface area (Å²) in [4.78, 5) is 2.60. The zero-order chi connectivity index (χ0) is 56.5. The van der Waals surface area contributed by atoms with Crippen LogP contribution in [0, 0.1) is 0 Å². The van der Waals surface area contributed by atoms with Gasteiger partial charge in [0.25, 0.3) is 0 Å². The van der Waals surface area contributed by atoms with E-state index in [4.69, 9.17) is 0 Å². The molecule has 0 radical (unpaired) electrons. The third kappa shape index (κ3) is 6.56. The molecule has 1 spiro atoms. The van der Waals surface area contributed by atoms with E-state index >= 15 is 0 Å². The van der Waals surface area contributed by atoms with Gasteiger partial charge in [-0.1, -0.05) is 291 Å². The van der Waals surface area contributed by atoms with E-state index in [0.717, 1.165) is 28.0 Å². The minimum atomic E-state index is -0.590. The van der Waals surface area contributed by atoms with Crippen molar-refractivity contribution in [1.29, 1.82) is 0 Å². The van der Waals surface area contributed by atoms with Gasteiger partial charge in [0.1, 0.15) is 0 Å². The Morgan fingerprint density at radius 1 is 0.244 bits per heavy atom. The number of para-hydroxylation sites is 4. The van der Waals surface area contributed by atoms with E-state index in [0.29, 0.717) is 0 Å². The molecule has 2 heteroatoms. The van der Waals surface area contributed by atoms with E-state index in [1.165, 1.54) is 127 Å². The Bertz CT molecular complexity index is 5210. The molecule has 0 bridgehead atoms. The number of aromatic nitrogens is 1. The smallest absolute Gasteiger partial charge is 0.0754 e. The fourth-order valence-corrected chi connectivity index (χ4v) is 16.0. The number of hydrogen-bond acceptors (Lipinski definition) is 1. The first kappa shape index (κ1) is 48.5. The van der Waals surface area contributed by atoms with Crippen molar-refractivity contribution < 1.29 is 0 Å². The summed E-state index contributed by atoms with van der Waals surface area (Å²) in [5, 5.41) is 4.90. The lowest BCUT2D eigenvalue weighted by Crippen LogP contribution is -2.33. The highest BCUT2D eigenvalue weighted by Gasteiger charge is 2.51. The van der Waals surface area contributed by atoms with Gasteiger partial charge in [0.05, 0.1) is 44.6 Å². The standard InChI is InChI=1S/C84H54N2/c1-4-26-55(27-5-1)59-32-10-11-33-61(59)65-37-16-21-46-76(65)85(80-49-25-44-73-81(80)69-39-15-19-42-71(69)83(73,57-28-6-2-7-29-57)58-30-8-3-9-31-58)78-53-52-60(62-34-12-13-36-66(62)78)56-50-51-64-63-35-14-18-41-70(63)84(75(64)54-56)72-43-20-23-48-79(72)86-77-47-22-17-38-67(77)68-40-24-45-74(84)82(68)86/h1-54H. The average molecular weight is 1090 g/mol. The maximum absolute atomic E-state index is 2.60. The Labute approximate surface area is 500 Å². The van der Waals surface area contributed by atoms with E-state index in [2.05, 4.69) is 337 Å². The molecule has 3 aliphatic rings. The molecule has 1 aromatic heterocycles. The number of benzene rings is 14. The fraction of sp³-hybridized carbons (Fsp3) is 0.0238. The van der Waals surface area contributed by atoms with Crippen LogP contribution in [0.15, 0.2) is 328 Å². The fourth-order valence-electron chi connectivity index (χ4n) is 16.0. The average Bonchev–Trinajstić information content (AvgIpc) is 1.50. The highest BCUT2D eigenvalue weighted by Crippen LogP contribution is 2.63. The largest absolute Gasteiger partial charge is 0.309 e. The van der Waals surface area contributed by atoms with Crippen molar-refractivity contribution in [2.45, 2.75) is 10.8 Å². The second-order valence-corrected chi connectivity index (χ2v) is 23.3. The first-order valence-electron chi connectivity index (χ1n) is 30.0. The lowest BCUT2D eigenvalue weighted by atomic mass is 9.65. The van der Waals surface area contributed by atoms with Crippen LogP contribution in [0.5, 0.6) is 0 Å². The van der Waals surface area contributed by atoms with Crippen LogP contribution < -0.4 is 4.90 Å². The number of rotatable bonds is 8. The predicted octanol–water partition coefficient (Wildman–Crippen LogP) is 21.4. The van der Waals surface area contributed by atoms with Gasteiger partial charge in [-0.3, -0.25) is 0 Å². The van der Waals surface area contributed by atoms with Crippen LogP contribution in [-0.2, 0) is 10.8 Å². The molecular weight excluding hydrogens is 1040 g/mol. The summed E-state index contributed by atoms with van der Waals surface area (Å²) in [5.74, 6) is 0. The molecule has 1 aliphatic heterocycles. The molecule has 0 saturated carbocycles. The number of hydrogen-bond donors (Lipinski definition) is 0. The summed E-state index contributed by atoms with van der Waals surface area (Å²) in [5.41, 5.74) is 28.2. The number of anilines is 3. The van der Waals surface area contributed by atoms with Crippen LogP contribution in [0.4, 0.5) is 17.1 Å². The minimum absolute atomic E-state index is 0.576. The molecule has 0 fully saturated rings. The van der Waals surface area contributed by atoms with Crippen molar-refractivity contribution in [3.8, 4) is 61.3 Å². The Hall–Kier alpha value is -11.1. The third-order valence-corrected chi connectivity index (χ3v) is 19.3. The van der Waals surface area contributed by atoms with Crippen molar-refractivity contribution in [1.82, 2.24) is 4.57 Å². The Morgan fingerprint density at radius 3 is 1.52 bits per heavy atom. The summed E-state index contributed by atoms with van der Waals surface area (Å²) >= 11 is 0. The van der Waals surface area contributed by atoms with Crippen LogP contribution in [0.2, 0.25) is 0 Å². The summed E-state index contributed by atoms with van der Waals surface area (Å²) in [7, 11) is 0. The third-order valence-electron chi connectivity index (χ3n) is 19.3. The van der Waals surface area contributed by atoms with Crippen molar-refractivity contribution in [3.63, 3.8) is 0 Å². The van der Waals surface area contributed by atoms with Gasteiger partial charge in [-0.2, -0.15) is 0 Å². The lowest BCUT2D eigenvalue weighted by Gasteiger charge is -2.39. The zero-order valence-corrected chi connectivity index (χ0v) is 47.1. The maximum Gasteiger partial charge on any atom is 0.0754 e. The highest BCUT2D eigenvalue weighted by atomic mass is 15.2. The van der Waals surface area contributed by atoms with E-state index in [9.17, 15) is 0 Å². The SMILES string of the molecule is c1ccc(-c2ccccc2-c2ccccc2N(c2cccc3c2-c2ccccc2C3(c2ccccc2)c2ccccc2)c2ccc(-c3ccc4c(c3)C3(c5ccccc5-4)c4ccccc4-n4c5ccccc5c5cccc3c54)c3ccccc23)cc1. The van der Waals surface area contributed by atoms with E-state index in [1.807, 2.05) is 0 Å². The summed E-state index contributed by atoms with van der Waals surface area (Å²) < 4.78 is 2.53. The van der Waals surface area contributed by atoms with Gasteiger partial charge in [0, 0.05) is 27.3 Å². The normalized spacial score (nSPS) is 14.7. The van der Waals surface area contributed by atoms with Crippen LogP contribution in [0.25, 0.3) is 93.9 Å². The van der Waals surface area contributed by atoms with Crippen LogP contribution in [0.1, 0.15) is 44.5 Å². The van der Waals surface area contributed by atoms with Crippen molar-refractivity contribution >= 4 is 49.6 Å². The molecule has 18 rings (SSSR count). The van der Waals surface area contributed by atoms with Gasteiger partial charge in [-0.15, -0.1) is 0 Å². The Balaban J connectivity index is 0.901. The lowest BCUT2D eigenvalue weighted by molar-refractivity contribution is 0.749. The molecular formula is C84H54N2. The van der Waals surface area contributed by atoms with Gasteiger partial charge >= 0.3 is 0 Å². The van der Waals surface area contributed by atoms with Crippen LogP contribution in [0.3, 0.4) is 0 Å². The van der Waals surface area contributed by atoms with Gasteiger partial charge in [-0.05, 0) is 131 Å². The van der Waals surface area contributed by atoms with Crippen LogP contribution >= 0.6 is 0 Å². The number of fused-ring (bicyclic) bond motifs is 16. The second-order valence-electron chi connectivity index (χ2n) is 23.3. The molecule has 2 heterocycles. The molecule has 2 aliphatic carbocycles. The Kier molecular flexibility index (Phi) is 10.6. The van der Waals surface area contributed by atoms with E-state index < -0.39 is 10.8 Å². The van der Waals surface area contributed by atoms with Crippen LogP contribution in [-0.4, -0.2) is 4.57 Å². The molecule has 2 nitrogen and oxygen atoms in total. The van der Waals surface area contributed by atoms with Crippen molar-refractivity contribution in [2.75, 3.05) is 4.90 Å². The summed E-state index contributed by atoms with van der Waals surface area (Å²) in [6.07, 6.45) is 0. The van der Waals surface area contributed by atoms with Crippen molar-refractivity contribution in [2.24, 2.45) is 0 Å². The molecule has 15 aromatic rings. The van der Waals surface area contributed by atoms with Gasteiger partial charge in [-0.25, -0.2) is 0 Å². The van der Waals surface area contributed by atoms with E-state index in [-0.39, 0.29) is 0 Å².